The van der Waals surface area contributed by atoms with E-state index in [1.54, 1.807) is 11.3 Å². The fourth-order valence-corrected chi connectivity index (χ4v) is 2.67. The van der Waals surface area contributed by atoms with Crippen molar-refractivity contribution in [3.63, 3.8) is 0 Å². The summed E-state index contributed by atoms with van der Waals surface area (Å²) in [4.78, 5) is 13.5. The van der Waals surface area contributed by atoms with E-state index in [1.165, 1.54) is 5.56 Å². The van der Waals surface area contributed by atoms with Gasteiger partial charge in [-0.25, -0.2) is 15.0 Å². The predicted molar refractivity (Wildman–Crippen MR) is 84.0 cm³/mol. The van der Waals surface area contributed by atoms with Crippen LogP contribution in [0.5, 0.6) is 0 Å². The van der Waals surface area contributed by atoms with E-state index in [0.717, 1.165) is 42.4 Å². The number of aryl methyl sites for hydroxylation is 2. The van der Waals surface area contributed by atoms with Crippen LogP contribution in [0.25, 0.3) is 11.5 Å². The Morgan fingerprint density at radius 1 is 1.20 bits per heavy atom. The van der Waals surface area contributed by atoms with Crippen molar-refractivity contribution in [1.82, 2.24) is 20.3 Å². The van der Waals surface area contributed by atoms with Crippen molar-refractivity contribution in [2.45, 2.75) is 34.1 Å². The Morgan fingerprint density at radius 3 is 2.45 bits per heavy atom. The van der Waals surface area contributed by atoms with Crippen molar-refractivity contribution in [2.24, 2.45) is 5.92 Å². The van der Waals surface area contributed by atoms with Gasteiger partial charge in [-0.2, -0.15) is 0 Å². The molecule has 0 saturated heterocycles. The molecule has 0 unspecified atom stereocenters. The Morgan fingerprint density at radius 2 is 1.90 bits per heavy atom. The first-order valence-electron chi connectivity index (χ1n) is 7.01. The number of nitrogens with zero attached hydrogens (tertiary/aromatic N) is 3. The largest absolute Gasteiger partial charge is 0.316 e. The maximum Gasteiger partial charge on any atom is 0.179 e. The first-order valence-corrected chi connectivity index (χ1v) is 7.95. The molecule has 2 aromatic rings. The number of thiazole rings is 1. The van der Waals surface area contributed by atoms with E-state index in [9.17, 15) is 0 Å². The van der Waals surface area contributed by atoms with Gasteiger partial charge in [0.25, 0.3) is 0 Å². The molecule has 2 heterocycles. The zero-order valence-electron chi connectivity index (χ0n) is 12.6. The van der Waals surface area contributed by atoms with E-state index in [1.807, 2.05) is 10.9 Å². The second kappa shape index (κ2) is 6.90. The van der Waals surface area contributed by atoms with E-state index in [4.69, 9.17) is 0 Å². The zero-order valence-corrected chi connectivity index (χ0v) is 13.4. The van der Waals surface area contributed by atoms with Crippen LogP contribution in [0.3, 0.4) is 0 Å². The fraction of sp³-hybridized carbons (Fsp3) is 0.533. The van der Waals surface area contributed by atoms with Crippen molar-refractivity contribution in [1.29, 1.82) is 0 Å². The minimum absolute atomic E-state index is 0.681. The van der Waals surface area contributed by atoms with Gasteiger partial charge in [0, 0.05) is 16.8 Å². The van der Waals surface area contributed by atoms with E-state index < -0.39 is 0 Å². The molecule has 0 aromatic carbocycles. The third-order valence-corrected chi connectivity index (χ3v) is 3.77. The molecule has 0 saturated carbocycles. The Labute approximate surface area is 124 Å². The van der Waals surface area contributed by atoms with Gasteiger partial charge in [-0.3, -0.25) is 0 Å². The van der Waals surface area contributed by atoms with Crippen LogP contribution >= 0.6 is 11.3 Å². The van der Waals surface area contributed by atoms with Crippen molar-refractivity contribution in [3.05, 3.63) is 27.8 Å². The molecule has 0 radical (unpaired) electrons. The topological polar surface area (TPSA) is 50.7 Å². The lowest BCUT2D eigenvalue weighted by Crippen LogP contribution is -2.23. The molecule has 108 valence electrons. The van der Waals surface area contributed by atoms with Gasteiger partial charge in [-0.1, -0.05) is 13.8 Å². The molecule has 0 fully saturated rings. The Kier molecular flexibility index (Phi) is 5.20. The Hall–Kier alpha value is -1.33. The Balaban J connectivity index is 2.07. The van der Waals surface area contributed by atoms with Gasteiger partial charge in [0.2, 0.25) is 0 Å². The number of hydrogen-bond donors (Lipinski definition) is 1. The summed E-state index contributed by atoms with van der Waals surface area (Å²) in [6.07, 6.45) is 0.974. The van der Waals surface area contributed by atoms with Crippen molar-refractivity contribution < 1.29 is 0 Å². The summed E-state index contributed by atoms with van der Waals surface area (Å²) in [6.45, 7) is 10.6. The molecule has 1 N–H and O–H groups in total. The average molecular weight is 290 g/mol. The third kappa shape index (κ3) is 3.84. The average Bonchev–Trinajstić information content (AvgIpc) is 2.90. The van der Waals surface area contributed by atoms with Gasteiger partial charge in [-0.05, 0) is 44.8 Å². The Bertz CT molecular complexity index is 526. The van der Waals surface area contributed by atoms with E-state index in [2.05, 4.69) is 48.0 Å². The van der Waals surface area contributed by atoms with Crippen molar-refractivity contribution in [3.8, 4) is 11.5 Å². The monoisotopic (exact) mass is 290 g/mol. The number of aromatic nitrogens is 3. The zero-order chi connectivity index (χ0) is 14.5. The molecule has 0 spiro atoms. The van der Waals surface area contributed by atoms with Crippen LogP contribution in [0.4, 0.5) is 0 Å². The molecule has 0 aliphatic carbocycles. The minimum atomic E-state index is 0.681. The summed E-state index contributed by atoms with van der Waals surface area (Å²) in [7, 11) is 0. The van der Waals surface area contributed by atoms with Gasteiger partial charge in [0.05, 0.1) is 5.51 Å². The highest BCUT2D eigenvalue weighted by molar-refractivity contribution is 7.07. The lowest BCUT2D eigenvalue weighted by atomic mass is 10.1. The van der Waals surface area contributed by atoms with E-state index in [0.29, 0.717) is 5.92 Å². The van der Waals surface area contributed by atoms with Gasteiger partial charge < -0.3 is 5.32 Å². The maximum atomic E-state index is 4.60. The summed E-state index contributed by atoms with van der Waals surface area (Å²) in [5.41, 5.74) is 6.05. The summed E-state index contributed by atoms with van der Waals surface area (Å²) in [5.74, 6) is 1.42. The van der Waals surface area contributed by atoms with Crippen molar-refractivity contribution >= 4 is 11.3 Å². The maximum absolute atomic E-state index is 4.60. The van der Waals surface area contributed by atoms with Crippen LogP contribution in [-0.2, 0) is 6.42 Å². The van der Waals surface area contributed by atoms with Gasteiger partial charge in [0.1, 0.15) is 5.69 Å². The number of nitrogens with one attached hydrogen (secondary N) is 1. The van der Waals surface area contributed by atoms with Gasteiger partial charge >= 0.3 is 0 Å². The molecule has 5 heteroatoms. The number of rotatable bonds is 6. The standard InChI is InChI=1S/C15H22N4S/c1-10(2)7-16-6-5-13-11(3)18-15(19-12(13)4)14-8-20-9-17-14/h8-10,16H,5-7H2,1-4H3. The molecule has 0 amide bonds. The van der Waals surface area contributed by atoms with Crippen molar-refractivity contribution in [2.75, 3.05) is 13.1 Å². The molecule has 0 atom stereocenters. The predicted octanol–water partition coefficient (Wildman–Crippen LogP) is 3.01. The lowest BCUT2D eigenvalue weighted by Gasteiger charge is -2.11. The highest BCUT2D eigenvalue weighted by Crippen LogP contribution is 2.18. The third-order valence-electron chi connectivity index (χ3n) is 3.19. The minimum Gasteiger partial charge on any atom is -0.316 e. The summed E-state index contributed by atoms with van der Waals surface area (Å²) in [5, 5.41) is 5.45. The van der Waals surface area contributed by atoms with Crippen LogP contribution in [0, 0.1) is 19.8 Å². The molecule has 2 rings (SSSR count). The second-order valence-electron chi connectivity index (χ2n) is 5.42. The molecule has 2 aromatic heterocycles. The highest BCUT2D eigenvalue weighted by atomic mass is 32.1. The molecular weight excluding hydrogens is 268 g/mol. The SMILES string of the molecule is Cc1nc(-c2cscn2)nc(C)c1CCNCC(C)C. The molecule has 20 heavy (non-hydrogen) atoms. The van der Waals surface area contributed by atoms with E-state index in [-0.39, 0.29) is 0 Å². The molecule has 0 aliphatic rings. The fourth-order valence-electron chi connectivity index (χ4n) is 2.14. The summed E-state index contributed by atoms with van der Waals surface area (Å²) >= 11 is 1.57. The molecule has 0 bridgehead atoms. The quantitative estimate of drug-likeness (QED) is 0.831. The lowest BCUT2D eigenvalue weighted by molar-refractivity contribution is 0.553. The smallest absolute Gasteiger partial charge is 0.179 e. The first kappa shape index (κ1) is 15.1. The van der Waals surface area contributed by atoms with Crippen LogP contribution in [0.1, 0.15) is 30.8 Å². The second-order valence-corrected chi connectivity index (χ2v) is 6.14. The first-order chi connectivity index (χ1) is 9.58. The summed E-state index contributed by atoms with van der Waals surface area (Å²) in [6, 6.07) is 0. The summed E-state index contributed by atoms with van der Waals surface area (Å²) < 4.78 is 0. The molecule has 0 aliphatic heterocycles. The molecular formula is C15H22N4S. The van der Waals surface area contributed by atoms with E-state index >= 15 is 0 Å². The normalized spacial score (nSPS) is 11.2. The van der Waals surface area contributed by atoms with Crippen LogP contribution in [0.2, 0.25) is 0 Å². The van der Waals surface area contributed by atoms with Crippen LogP contribution < -0.4 is 5.32 Å². The number of hydrogen-bond acceptors (Lipinski definition) is 5. The van der Waals surface area contributed by atoms with Gasteiger partial charge in [0.15, 0.2) is 5.82 Å². The van der Waals surface area contributed by atoms with Gasteiger partial charge in [-0.15, -0.1) is 11.3 Å². The van der Waals surface area contributed by atoms with Crippen LogP contribution in [-0.4, -0.2) is 28.0 Å². The molecule has 4 nitrogen and oxygen atoms in total. The van der Waals surface area contributed by atoms with Crippen LogP contribution in [0.15, 0.2) is 10.9 Å². The highest BCUT2D eigenvalue weighted by Gasteiger charge is 2.10.